The van der Waals surface area contributed by atoms with Crippen LogP contribution in [-0.4, -0.2) is 23.8 Å². The maximum Gasteiger partial charge on any atom is 0.236 e. The van der Waals surface area contributed by atoms with E-state index in [1.807, 2.05) is 29.6 Å². The number of amides is 1. The third-order valence-electron chi connectivity index (χ3n) is 3.98. The fourth-order valence-electron chi connectivity index (χ4n) is 2.34. The lowest BCUT2D eigenvalue weighted by Gasteiger charge is -2.04. The molecule has 0 fully saturated rings. The van der Waals surface area contributed by atoms with Crippen LogP contribution in [0.1, 0.15) is 11.1 Å². The van der Waals surface area contributed by atoms with Gasteiger partial charge in [0.2, 0.25) is 5.91 Å². The van der Waals surface area contributed by atoms with Crippen molar-refractivity contribution in [3.8, 4) is 17.0 Å². The molecule has 1 amide bonds. The van der Waals surface area contributed by atoms with Gasteiger partial charge in [0.1, 0.15) is 5.75 Å². The lowest BCUT2D eigenvalue weighted by molar-refractivity contribution is -0.113. The number of carbonyl (C=O) groups excluding carboxylic acids is 1. The molecule has 0 radical (unpaired) electrons. The number of methoxy groups -OCH3 is 1. The topological polar surface area (TPSA) is 51.2 Å². The molecule has 0 spiro atoms. The molecule has 1 heterocycles. The van der Waals surface area contributed by atoms with E-state index in [0.29, 0.717) is 10.9 Å². The molecule has 0 aliphatic rings. The number of nitrogens with zero attached hydrogens (tertiary/aromatic N) is 1. The number of carbonyl (C=O) groups is 1. The second-order valence-corrected chi connectivity index (χ2v) is 7.76. The van der Waals surface area contributed by atoms with Gasteiger partial charge in [-0.1, -0.05) is 12.1 Å². The molecule has 0 atom stereocenters. The smallest absolute Gasteiger partial charge is 0.236 e. The van der Waals surface area contributed by atoms with Gasteiger partial charge in [-0.2, -0.15) is 0 Å². The Morgan fingerprint density at radius 1 is 1.15 bits per heavy atom. The van der Waals surface area contributed by atoms with Gasteiger partial charge in [-0.25, -0.2) is 4.98 Å². The number of nitrogens with one attached hydrogen (secondary N) is 1. The van der Waals surface area contributed by atoms with E-state index < -0.39 is 0 Å². The zero-order chi connectivity index (χ0) is 18.5. The van der Waals surface area contributed by atoms with Crippen molar-refractivity contribution in [3.63, 3.8) is 0 Å². The lowest BCUT2D eigenvalue weighted by atomic mass is 10.1. The number of ether oxygens (including phenoxy) is 1. The summed E-state index contributed by atoms with van der Waals surface area (Å²) in [6.45, 7) is 4.18. The van der Waals surface area contributed by atoms with Gasteiger partial charge in [-0.15, -0.1) is 23.1 Å². The number of thioether (sulfide) groups is 1. The highest BCUT2D eigenvalue weighted by Crippen LogP contribution is 2.27. The van der Waals surface area contributed by atoms with Crippen LogP contribution >= 0.6 is 23.1 Å². The average molecular weight is 385 g/mol. The minimum Gasteiger partial charge on any atom is -0.497 e. The highest BCUT2D eigenvalue weighted by atomic mass is 32.2. The van der Waals surface area contributed by atoms with Gasteiger partial charge in [0.25, 0.3) is 0 Å². The molecule has 26 heavy (non-hydrogen) atoms. The van der Waals surface area contributed by atoms with Crippen molar-refractivity contribution < 1.29 is 9.53 Å². The van der Waals surface area contributed by atoms with Crippen molar-refractivity contribution in [1.29, 1.82) is 0 Å². The Hall–Kier alpha value is -2.31. The minimum absolute atomic E-state index is 0.0631. The summed E-state index contributed by atoms with van der Waals surface area (Å²) in [4.78, 5) is 17.7. The number of aromatic nitrogens is 1. The molecule has 0 aliphatic carbocycles. The van der Waals surface area contributed by atoms with Crippen LogP contribution < -0.4 is 10.1 Å². The number of aryl methyl sites for hydroxylation is 2. The van der Waals surface area contributed by atoms with Crippen LogP contribution in [0.2, 0.25) is 0 Å². The molecule has 2 aromatic carbocycles. The van der Waals surface area contributed by atoms with E-state index in [4.69, 9.17) is 4.74 Å². The fourth-order valence-corrected chi connectivity index (χ4v) is 3.77. The SMILES string of the molecule is COc1ccc(SCC(=O)Nc2nc(-c3ccc(C)c(C)c3)cs2)cc1. The number of hydrogen-bond acceptors (Lipinski definition) is 5. The van der Waals surface area contributed by atoms with E-state index >= 15 is 0 Å². The molecule has 0 saturated heterocycles. The van der Waals surface area contributed by atoms with Crippen LogP contribution in [-0.2, 0) is 4.79 Å². The molecular weight excluding hydrogens is 364 g/mol. The largest absolute Gasteiger partial charge is 0.497 e. The van der Waals surface area contributed by atoms with Gasteiger partial charge >= 0.3 is 0 Å². The molecule has 0 bridgehead atoms. The summed E-state index contributed by atoms with van der Waals surface area (Å²) in [5.41, 5.74) is 4.44. The summed E-state index contributed by atoms with van der Waals surface area (Å²) in [5.74, 6) is 1.08. The third-order valence-corrected chi connectivity index (χ3v) is 5.75. The summed E-state index contributed by atoms with van der Waals surface area (Å²) in [5, 5.41) is 5.47. The quantitative estimate of drug-likeness (QED) is 0.596. The zero-order valence-corrected chi connectivity index (χ0v) is 16.5. The van der Waals surface area contributed by atoms with Crippen LogP contribution in [0.25, 0.3) is 11.3 Å². The summed E-state index contributed by atoms with van der Waals surface area (Å²) < 4.78 is 5.13. The van der Waals surface area contributed by atoms with Crippen LogP contribution in [0.5, 0.6) is 5.75 Å². The number of anilines is 1. The normalized spacial score (nSPS) is 10.6. The van der Waals surface area contributed by atoms with Gasteiger partial charge in [0.15, 0.2) is 5.13 Å². The van der Waals surface area contributed by atoms with Crippen molar-refractivity contribution in [3.05, 3.63) is 59.0 Å². The lowest BCUT2D eigenvalue weighted by Crippen LogP contribution is -2.13. The molecule has 0 aliphatic heterocycles. The van der Waals surface area contributed by atoms with Crippen LogP contribution in [0.3, 0.4) is 0 Å². The molecule has 134 valence electrons. The van der Waals surface area contributed by atoms with Crippen molar-refractivity contribution >= 4 is 34.1 Å². The number of benzene rings is 2. The molecule has 0 unspecified atom stereocenters. The summed E-state index contributed by atoms with van der Waals surface area (Å²) in [7, 11) is 1.63. The predicted octanol–water partition coefficient (Wildman–Crippen LogP) is 5.17. The molecule has 1 N–H and O–H groups in total. The maximum atomic E-state index is 12.2. The Morgan fingerprint density at radius 3 is 2.62 bits per heavy atom. The standard InChI is InChI=1S/C20H20N2O2S2/c1-13-4-5-15(10-14(13)2)18-11-26-20(21-18)22-19(23)12-25-17-8-6-16(24-3)7-9-17/h4-11H,12H2,1-3H3,(H,21,22,23). The Kier molecular flexibility index (Phi) is 5.96. The van der Waals surface area contributed by atoms with Crippen molar-refractivity contribution in [2.75, 3.05) is 18.2 Å². The first-order chi connectivity index (χ1) is 12.5. The number of thiazole rings is 1. The van der Waals surface area contributed by atoms with Crippen molar-refractivity contribution in [1.82, 2.24) is 4.98 Å². The molecule has 1 aromatic heterocycles. The first kappa shape index (κ1) is 18.5. The van der Waals surface area contributed by atoms with E-state index in [9.17, 15) is 4.79 Å². The highest BCUT2D eigenvalue weighted by molar-refractivity contribution is 8.00. The fraction of sp³-hybridized carbons (Fsp3) is 0.200. The molecule has 4 nitrogen and oxygen atoms in total. The van der Waals surface area contributed by atoms with Gasteiger partial charge in [0.05, 0.1) is 18.6 Å². The minimum atomic E-state index is -0.0631. The van der Waals surface area contributed by atoms with E-state index in [1.165, 1.54) is 34.2 Å². The van der Waals surface area contributed by atoms with Gasteiger partial charge in [0, 0.05) is 15.8 Å². The van der Waals surface area contributed by atoms with E-state index in [1.54, 1.807) is 7.11 Å². The van der Waals surface area contributed by atoms with Gasteiger partial charge in [-0.05, 0) is 55.3 Å². The molecular formula is C20H20N2O2S2. The Labute approximate surface area is 161 Å². The summed E-state index contributed by atoms with van der Waals surface area (Å²) >= 11 is 2.92. The Balaban J connectivity index is 1.57. The second kappa shape index (κ2) is 8.38. The molecule has 3 aromatic rings. The third kappa shape index (κ3) is 4.65. The van der Waals surface area contributed by atoms with Crippen LogP contribution in [0.4, 0.5) is 5.13 Å². The van der Waals surface area contributed by atoms with Crippen LogP contribution in [0.15, 0.2) is 52.7 Å². The average Bonchev–Trinajstić information content (AvgIpc) is 3.11. The van der Waals surface area contributed by atoms with E-state index in [0.717, 1.165) is 21.9 Å². The van der Waals surface area contributed by atoms with Crippen molar-refractivity contribution in [2.45, 2.75) is 18.7 Å². The van der Waals surface area contributed by atoms with Gasteiger partial charge < -0.3 is 10.1 Å². The molecule has 6 heteroatoms. The predicted molar refractivity (Wildman–Crippen MR) is 109 cm³/mol. The first-order valence-electron chi connectivity index (χ1n) is 8.15. The Morgan fingerprint density at radius 2 is 1.92 bits per heavy atom. The van der Waals surface area contributed by atoms with E-state index in [2.05, 4.69) is 42.3 Å². The highest BCUT2D eigenvalue weighted by Gasteiger charge is 2.09. The van der Waals surface area contributed by atoms with Crippen LogP contribution in [0, 0.1) is 13.8 Å². The monoisotopic (exact) mass is 384 g/mol. The zero-order valence-electron chi connectivity index (χ0n) is 14.9. The number of rotatable bonds is 6. The molecule has 0 saturated carbocycles. The molecule has 3 rings (SSSR count). The maximum absolute atomic E-state index is 12.2. The van der Waals surface area contributed by atoms with Gasteiger partial charge in [-0.3, -0.25) is 4.79 Å². The first-order valence-corrected chi connectivity index (χ1v) is 10.0. The van der Waals surface area contributed by atoms with Crippen molar-refractivity contribution in [2.24, 2.45) is 0 Å². The van der Waals surface area contributed by atoms with E-state index in [-0.39, 0.29) is 5.91 Å². The summed E-state index contributed by atoms with van der Waals surface area (Å²) in [6, 6.07) is 13.9. The summed E-state index contributed by atoms with van der Waals surface area (Å²) in [6.07, 6.45) is 0. The number of hydrogen-bond donors (Lipinski definition) is 1. The second-order valence-electron chi connectivity index (χ2n) is 5.85. The Bertz CT molecular complexity index is 904.